The second-order valence-corrected chi connectivity index (χ2v) is 6.94. The van der Waals surface area contributed by atoms with Gasteiger partial charge < -0.3 is 24.7 Å². The number of rotatable bonds is 6. The van der Waals surface area contributed by atoms with Crippen LogP contribution in [0.4, 0.5) is 5.82 Å². The van der Waals surface area contributed by atoms with Crippen LogP contribution in [0.2, 0.25) is 0 Å². The van der Waals surface area contributed by atoms with Crippen LogP contribution < -0.4 is 4.74 Å². The summed E-state index contributed by atoms with van der Waals surface area (Å²) < 4.78 is 5.44. The Morgan fingerprint density at radius 1 is 1.48 bits per heavy atom. The van der Waals surface area contributed by atoms with Crippen molar-refractivity contribution in [1.82, 2.24) is 14.8 Å². The Hall–Kier alpha value is -2.90. The first-order valence-corrected chi connectivity index (χ1v) is 8.99. The minimum Gasteiger partial charge on any atom is -0.476 e. The maximum Gasteiger partial charge on any atom is 0.406 e. The van der Waals surface area contributed by atoms with Gasteiger partial charge in [0, 0.05) is 38.7 Å². The third-order valence-corrected chi connectivity index (χ3v) is 5.00. The molecule has 2 aliphatic rings. The van der Waals surface area contributed by atoms with E-state index in [1.807, 2.05) is 6.92 Å². The molecule has 1 atom stereocenters. The van der Waals surface area contributed by atoms with E-state index in [0.717, 1.165) is 19.5 Å². The standard InChI is InChI=1S/C19H24N4O4/c1-4-13(2)10-21-11-16-9-15(21)7-8-22(16)18(24)12-27-17-6-5-14(3)20-19(17)23(25)26/h4-7,16H,8-12H2,1-3H3/b13-4+. The van der Waals surface area contributed by atoms with E-state index >= 15 is 0 Å². The zero-order valence-corrected chi connectivity index (χ0v) is 15.8. The number of allylic oxidation sites excluding steroid dienone is 1. The minimum atomic E-state index is -0.596. The fraction of sp³-hybridized carbons (Fsp3) is 0.474. The molecule has 0 aromatic carbocycles. The largest absolute Gasteiger partial charge is 0.476 e. The van der Waals surface area contributed by atoms with Crippen molar-refractivity contribution in [2.45, 2.75) is 33.2 Å². The smallest absolute Gasteiger partial charge is 0.406 e. The second kappa shape index (κ2) is 7.77. The highest BCUT2D eigenvalue weighted by Gasteiger charge is 2.36. The van der Waals surface area contributed by atoms with Gasteiger partial charge >= 0.3 is 5.82 Å². The molecule has 1 fully saturated rings. The molecular formula is C19H24N4O4. The Balaban J connectivity index is 1.62. The number of amides is 1. The molecule has 1 amide bonds. The van der Waals surface area contributed by atoms with Gasteiger partial charge in [-0.3, -0.25) is 4.79 Å². The van der Waals surface area contributed by atoms with Gasteiger partial charge in [-0.25, -0.2) is 0 Å². The fourth-order valence-corrected chi connectivity index (χ4v) is 3.44. The number of carbonyl (C=O) groups is 1. The minimum absolute atomic E-state index is 0.0175. The van der Waals surface area contributed by atoms with E-state index in [1.54, 1.807) is 17.9 Å². The molecule has 1 aromatic heterocycles. The number of nitro groups is 1. The van der Waals surface area contributed by atoms with Crippen LogP contribution >= 0.6 is 0 Å². The van der Waals surface area contributed by atoms with Crippen LogP contribution in [0, 0.1) is 17.0 Å². The lowest BCUT2D eigenvalue weighted by atomic mass is 10.1. The van der Waals surface area contributed by atoms with Gasteiger partial charge in [0.15, 0.2) is 6.61 Å². The summed E-state index contributed by atoms with van der Waals surface area (Å²) in [5.41, 5.74) is 3.10. The Bertz CT molecular complexity index is 818. The van der Waals surface area contributed by atoms with Gasteiger partial charge in [0.1, 0.15) is 5.69 Å². The van der Waals surface area contributed by atoms with E-state index < -0.39 is 4.92 Å². The lowest BCUT2D eigenvalue weighted by Crippen LogP contribution is -2.44. The average molecular weight is 372 g/mol. The van der Waals surface area contributed by atoms with Gasteiger partial charge in [-0.05, 0) is 42.0 Å². The molecule has 0 N–H and O–H groups in total. The molecule has 1 aromatic rings. The van der Waals surface area contributed by atoms with Crippen molar-refractivity contribution in [2.75, 3.05) is 26.2 Å². The van der Waals surface area contributed by atoms with Crippen LogP contribution in [0.5, 0.6) is 5.75 Å². The molecule has 2 aliphatic heterocycles. The van der Waals surface area contributed by atoms with Crippen LogP contribution in [0.15, 0.2) is 35.6 Å². The normalized spacial score (nSPS) is 19.1. The SMILES string of the molecule is C/C=C(\C)CN1CC2CC1=CCN2C(=O)COc1ccc(C)nc1[N+](=O)[O-]. The highest BCUT2D eigenvalue weighted by molar-refractivity contribution is 5.79. The number of pyridine rings is 1. The predicted molar refractivity (Wildman–Crippen MR) is 100 cm³/mol. The number of hydrogen-bond acceptors (Lipinski definition) is 6. The summed E-state index contributed by atoms with van der Waals surface area (Å²) in [5.74, 6) is -0.517. The van der Waals surface area contributed by atoms with Gasteiger partial charge in [-0.2, -0.15) is 0 Å². The van der Waals surface area contributed by atoms with E-state index in [-0.39, 0.29) is 30.1 Å². The zero-order valence-electron chi connectivity index (χ0n) is 15.8. The van der Waals surface area contributed by atoms with Gasteiger partial charge in [0.05, 0.1) is 6.04 Å². The summed E-state index contributed by atoms with van der Waals surface area (Å²) >= 11 is 0. The lowest BCUT2D eigenvalue weighted by Gasteiger charge is -2.28. The summed E-state index contributed by atoms with van der Waals surface area (Å²) in [4.78, 5) is 31.1. The van der Waals surface area contributed by atoms with Crippen molar-refractivity contribution in [1.29, 1.82) is 0 Å². The number of fused-ring (bicyclic) bond motifs is 2. The average Bonchev–Trinajstić information content (AvgIpc) is 2.95. The molecule has 0 aliphatic carbocycles. The first-order chi connectivity index (χ1) is 12.9. The Labute approximate surface area is 158 Å². The maximum atomic E-state index is 12.6. The molecule has 3 heterocycles. The predicted octanol–water partition coefficient (Wildman–Crippen LogP) is 2.44. The van der Waals surface area contributed by atoms with Gasteiger partial charge in [0.25, 0.3) is 5.91 Å². The summed E-state index contributed by atoms with van der Waals surface area (Å²) in [7, 11) is 0. The third kappa shape index (κ3) is 4.10. The van der Waals surface area contributed by atoms with Gasteiger partial charge in [-0.15, -0.1) is 0 Å². The van der Waals surface area contributed by atoms with Crippen LogP contribution in [0.1, 0.15) is 26.0 Å². The monoisotopic (exact) mass is 372 g/mol. The highest BCUT2D eigenvalue weighted by Crippen LogP contribution is 2.30. The summed E-state index contributed by atoms with van der Waals surface area (Å²) in [6.45, 7) is 7.77. The summed E-state index contributed by atoms with van der Waals surface area (Å²) in [6, 6.07) is 3.23. The van der Waals surface area contributed by atoms with Crippen LogP contribution in [0.3, 0.4) is 0 Å². The molecule has 27 heavy (non-hydrogen) atoms. The van der Waals surface area contributed by atoms with Crippen LogP contribution in [0.25, 0.3) is 0 Å². The number of hydrogen-bond donors (Lipinski definition) is 0. The van der Waals surface area contributed by atoms with Crippen LogP contribution in [-0.2, 0) is 4.79 Å². The van der Waals surface area contributed by atoms with E-state index in [2.05, 4.69) is 29.0 Å². The molecule has 0 saturated carbocycles. The van der Waals surface area contributed by atoms with Crippen molar-refractivity contribution in [3.8, 4) is 5.75 Å². The fourth-order valence-electron chi connectivity index (χ4n) is 3.44. The Kier molecular flexibility index (Phi) is 5.43. The number of nitrogens with zero attached hydrogens (tertiary/aromatic N) is 4. The Morgan fingerprint density at radius 2 is 2.26 bits per heavy atom. The van der Waals surface area contributed by atoms with Crippen molar-refractivity contribution in [3.05, 3.63) is 51.4 Å². The molecule has 2 bridgehead atoms. The quantitative estimate of drug-likeness (QED) is 0.433. The molecule has 1 saturated heterocycles. The molecule has 8 nitrogen and oxygen atoms in total. The molecule has 144 valence electrons. The number of carbonyl (C=O) groups excluding carboxylic acids is 1. The second-order valence-electron chi connectivity index (χ2n) is 6.94. The summed E-state index contributed by atoms with van der Waals surface area (Å²) in [5, 5.41) is 11.1. The van der Waals surface area contributed by atoms with Gasteiger partial charge in [0.2, 0.25) is 5.75 Å². The Morgan fingerprint density at radius 3 is 2.96 bits per heavy atom. The van der Waals surface area contributed by atoms with E-state index in [9.17, 15) is 14.9 Å². The maximum absolute atomic E-state index is 12.6. The van der Waals surface area contributed by atoms with Crippen molar-refractivity contribution in [3.63, 3.8) is 0 Å². The number of aromatic nitrogens is 1. The number of ether oxygens (including phenoxy) is 1. The summed E-state index contributed by atoms with van der Waals surface area (Å²) in [6.07, 6.45) is 5.03. The molecule has 0 radical (unpaired) electrons. The molecule has 0 spiro atoms. The first kappa shape index (κ1) is 18.9. The van der Waals surface area contributed by atoms with E-state index in [1.165, 1.54) is 17.3 Å². The van der Waals surface area contributed by atoms with Crippen LogP contribution in [-0.4, -0.2) is 57.9 Å². The van der Waals surface area contributed by atoms with E-state index in [0.29, 0.717) is 12.2 Å². The number of likely N-dealkylation sites (tertiary alicyclic amines) is 1. The zero-order chi connectivity index (χ0) is 19.6. The molecule has 8 heteroatoms. The van der Waals surface area contributed by atoms with Gasteiger partial charge in [-0.1, -0.05) is 11.6 Å². The van der Waals surface area contributed by atoms with Crippen molar-refractivity contribution >= 4 is 11.7 Å². The molecule has 1 unspecified atom stereocenters. The topological polar surface area (TPSA) is 88.8 Å². The van der Waals surface area contributed by atoms with E-state index in [4.69, 9.17) is 4.74 Å². The first-order valence-electron chi connectivity index (χ1n) is 8.99. The molecule has 3 rings (SSSR count). The van der Waals surface area contributed by atoms with Crippen molar-refractivity contribution in [2.24, 2.45) is 0 Å². The third-order valence-electron chi connectivity index (χ3n) is 5.00. The highest BCUT2D eigenvalue weighted by atomic mass is 16.6. The van der Waals surface area contributed by atoms with Crippen molar-refractivity contribution < 1.29 is 14.5 Å². The number of aryl methyl sites for hydroxylation is 1. The lowest BCUT2D eigenvalue weighted by molar-refractivity contribution is -0.390. The molecular weight excluding hydrogens is 348 g/mol.